The van der Waals surface area contributed by atoms with Gasteiger partial charge in [-0.2, -0.15) is 0 Å². The van der Waals surface area contributed by atoms with Gasteiger partial charge in [-0.05, 0) is 11.6 Å². The Hall–Kier alpha value is -1.78. The number of carbonyl (C=O) groups excluding carboxylic acids is 2. The van der Waals surface area contributed by atoms with E-state index < -0.39 is 29.4 Å². The first-order valence-electron chi connectivity index (χ1n) is 4.84. The molecule has 1 fully saturated rings. The van der Waals surface area contributed by atoms with E-state index in [2.05, 4.69) is 5.32 Å². The number of halogens is 2. The number of hydrogen-bond donors (Lipinski definition) is 1. The summed E-state index contributed by atoms with van der Waals surface area (Å²) in [7, 11) is 0. The lowest BCUT2D eigenvalue weighted by molar-refractivity contribution is -0.133. The molecule has 2 rings (SSSR count). The fraction of sp³-hybridized carbons (Fsp3) is 0.273. The van der Waals surface area contributed by atoms with E-state index in [1.165, 1.54) is 6.07 Å². The third-order valence-electron chi connectivity index (χ3n) is 2.54. The maximum absolute atomic E-state index is 13.4. The maximum atomic E-state index is 13.4. The van der Waals surface area contributed by atoms with Gasteiger partial charge in [0.2, 0.25) is 11.8 Å². The summed E-state index contributed by atoms with van der Waals surface area (Å²) >= 11 is 0. The van der Waals surface area contributed by atoms with E-state index in [0.29, 0.717) is 0 Å². The highest BCUT2D eigenvalue weighted by atomic mass is 19.1. The summed E-state index contributed by atoms with van der Waals surface area (Å²) in [6.07, 6.45) is 0.0998. The summed E-state index contributed by atoms with van der Waals surface area (Å²) in [5.41, 5.74) is 0.213. The Balaban J connectivity index is 2.29. The molecule has 1 aliphatic rings. The van der Waals surface area contributed by atoms with Gasteiger partial charge < -0.3 is 0 Å². The number of benzene rings is 1. The summed E-state index contributed by atoms with van der Waals surface area (Å²) in [4.78, 5) is 22.2. The van der Waals surface area contributed by atoms with Gasteiger partial charge in [-0.1, -0.05) is 6.07 Å². The largest absolute Gasteiger partial charge is 0.296 e. The van der Waals surface area contributed by atoms with E-state index in [1.54, 1.807) is 0 Å². The van der Waals surface area contributed by atoms with Gasteiger partial charge in [0.15, 0.2) is 0 Å². The fourth-order valence-corrected chi connectivity index (χ4v) is 1.83. The monoisotopic (exact) mass is 225 g/mol. The molecule has 0 spiro atoms. The summed E-state index contributed by atoms with van der Waals surface area (Å²) in [6, 6.07) is 3.16. The van der Waals surface area contributed by atoms with Crippen LogP contribution < -0.4 is 5.32 Å². The molecule has 0 saturated carbocycles. The van der Waals surface area contributed by atoms with Crippen molar-refractivity contribution in [2.24, 2.45) is 0 Å². The van der Waals surface area contributed by atoms with Crippen molar-refractivity contribution >= 4 is 11.8 Å². The van der Waals surface area contributed by atoms with Crippen LogP contribution in [0.4, 0.5) is 8.78 Å². The van der Waals surface area contributed by atoms with Crippen molar-refractivity contribution in [2.45, 2.75) is 18.8 Å². The standard InChI is InChI=1S/C11H9F2NO2/c12-7-1-2-8(9(13)5-7)6-3-10(15)14-11(16)4-6/h1-2,5-6H,3-4H2,(H,14,15,16). The van der Waals surface area contributed by atoms with E-state index in [1.807, 2.05) is 0 Å². The molecule has 84 valence electrons. The normalized spacial score (nSPS) is 17.4. The predicted molar refractivity (Wildman–Crippen MR) is 51.5 cm³/mol. The van der Waals surface area contributed by atoms with Crippen LogP contribution in [0.3, 0.4) is 0 Å². The first kappa shape index (κ1) is 10.7. The van der Waals surface area contributed by atoms with Crippen LogP contribution in [-0.4, -0.2) is 11.8 Å². The van der Waals surface area contributed by atoms with Crippen LogP contribution in [0.2, 0.25) is 0 Å². The van der Waals surface area contributed by atoms with Crippen molar-refractivity contribution in [1.82, 2.24) is 5.32 Å². The number of imide groups is 1. The summed E-state index contributed by atoms with van der Waals surface area (Å²) in [5.74, 6) is -2.74. The minimum absolute atomic E-state index is 0.0499. The minimum atomic E-state index is -0.715. The second-order valence-electron chi connectivity index (χ2n) is 3.74. The molecule has 0 unspecified atom stereocenters. The Labute approximate surface area is 90.5 Å². The van der Waals surface area contributed by atoms with Crippen LogP contribution in [0.5, 0.6) is 0 Å². The molecule has 1 aliphatic heterocycles. The Bertz CT molecular complexity index is 443. The molecule has 3 nitrogen and oxygen atoms in total. The summed E-state index contributed by atoms with van der Waals surface area (Å²) in [6.45, 7) is 0. The fourth-order valence-electron chi connectivity index (χ4n) is 1.83. The lowest BCUT2D eigenvalue weighted by Crippen LogP contribution is -2.37. The molecule has 5 heteroatoms. The zero-order valence-corrected chi connectivity index (χ0v) is 8.30. The number of carbonyl (C=O) groups is 2. The second-order valence-corrected chi connectivity index (χ2v) is 3.74. The van der Waals surface area contributed by atoms with Crippen molar-refractivity contribution in [3.8, 4) is 0 Å². The summed E-state index contributed by atoms with van der Waals surface area (Å²) in [5, 5.41) is 2.14. The van der Waals surface area contributed by atoms with Crippen molar-refractivity contribution in [3.05, 3.63) is 35.4 Å². The van der Waals surface area contributed by atoms with Gasteiger partial charge in [0.25, 0.3) is 0 Å². The Morgan fingerprint density at radius 3 is 2.31 bits per heavy atom. The molecule has 2 amide bonds. The van der Waals surface area contributed by atoms with E-state index in [-0.39, 0.29) is 18.4 Å². The van der Waals surface area contributed by atoms with Crippen LogP contribution in [0.15, 0.2) is 18.2 Å². The second kappa shape index (κ2) is 4.00. The molecule has 1 aromatic carbocycles. The van der Waals surface area contributed by atoms with Crippen LogP contribution >= 0.6 is 0 Å². The highest BCUT2D eigenvalue weighted by Crippen LogP contribution is 2.28. The van der Waals surface area contributed by atoms with Crippen LogP contribution in [0.25, 0.3) is 0 Å². The number of nitrogens with one attached hydrogen (secondary N) is 1. The smallest absolute Gasteiger partial charge is 0.227 e. The first-order chi connectivity index (χ1) is 7.56. The third kappa shape index (κ3) is 2.08. The molecule has 1 saturated heterocycles. The third-order valence-corrected chi connectivity index (χ3v) is 2.54. The average Bonchev–Trinajstić information content (AvgIpc) is 2.15. The predicted octanol–water partition coefficient (Wildman–Crippen LogP) is 1.49. The molecule has 0 atom stereocenters. The van der Waals surface area contributed by atoms with E-state index in [9.17, 15) is 18.4 Å². The molecule has 1 aromatic rings. The SMILES string of the molecule is O=C1CC(c2ccc(F)cc2F)CC(=O)N1. The molecule has 0 radical (unpaired) electrons. The number of piperidine rings is 1. The van der Waals surface area contributed by atoms with Crippen LogP contribution in [0, 0.1) is 11.6 Å². The van der Waals surface area contributed by atoms with Crippen LogP contribution in [0.1, 0.15) is 24.3 Å². The van der Waals surface area contributed by atoms with Gasteiger partial charge in [0.1, 0.15) is 11.6 Å². The number of hydrogen-bond acceptors (Lipinski definition) is 2. The Kier molecular flexibility index (Phi) is 2.68. The van der Waals surface area contributed by atoms with Gasteiger partial charge in [-0.15, -0.1) is 0 Å². The van der Waals surface area contributed by atoms with Crippen molar-refractivity contribution in [1.29, 1.82) is 0 Å². The Morgan fingerprint density at radius 1 is 1.12 bits per heavy atom. The van der Waals surface area contributed by atoms with Gasteiger partial charge in [0.05, 0.1) is 0 Å². The topological polar surface area (TPSA) is 46.2 Å². The molecule has 0 bridgehead atoms. The Morgan fingerprint density at radius 2 is 1.75 bits per heavy atom. The van der Waals surface area contributed by atoms with E-state index in [4.69, 9.17) is 0 Å². The lowest BCUT2D eigenvalue weighted by Gasteiger charge is -2.21. The molecule has 0 aliphatic carbocycles. The quantitative estimate of drug-likeness (QED) is 0.736. The zero-order chi connectivity index (χ0) is 11.7. The lowest BCUT2D eigenvalue weighted by atomic mass is 9.89. The molecular weight excluding hydrogens is 216 g/mol. The zero-order valence-electron chi connectivity index (χ0n) is 8.30. The highest BCUT2D eigenvalue weighted by molar-refractivity contribution is 5.98. The van der Waals surface area contributed by atoms with Gasteiger partial charge in [-0.25, -0.2) is 8.78 Å². The number of amides is 2. The van der Waals surface area contributed by atoms with E-state index >= 15 is 0 Å². The van der Waals surface area contributed by atoms with Crippen molar-refractivity contribution in [2.75, 3.05) is 0 Å². The molecule has 0 aromatic heterocycles. The van der Waals surface area contributed by atoms with Gasteiger partial charge >= 0.3 is 0 Å². The first-order valence-corrected chi connectivity index (χ1v) is 4.84. The highest BCUT2D eigenvalue weighted by Gasteiger charge is 2.27. The van der Waals surface area contributed by atoms with Crippen molar-refractivity contribution < 1.29 is 18.4 Å². The maximum Gasteiger partial charge on any atom is 0.227 e. The van der Waals surface area contributed by atoms with Gasteiger partial charge in [0, 0.05) is 24.8 Å². The molecule has 1 heterocycles. The number of rotatable bonds is 1. The molecule has 1 N–H and O–H groups in total. The minimum Gasteiger partial charge on any atom is -0.296 e. The van der Waals surface area contributed by atoms with Gasteiger partial charge in [-0.3, -0.25) is 14.9 Å². The average molecular weight is 225 g/mol. The van der Waals surface area contributed by atoms with Crippen LogP contribution in [-0.2, 0) is 9.59 Å². The van der Waals surface area contributed by atoms with Crippen molar-refractivity contribution in [3.63, 3.8) is 0 Å². The molecular formula is C11H9F2NO2. The van der Waals surface area contributed by atoms with E-state index in [0.717, 1.165) is 12.1 Å². The summed E-state index contributed by atoms with van der Waals surface area (Å²) < 4.78 is 26.1. The molecule has 16 heavy (non-hydrogen) atoms.